The van der Waals surface area contributed by atoms with Gasteiger partial charge >= 0.3 is 0 Å². The first-order valence-corrected chi connectivity index (χ1v) is 7.81. The van der Waals surface area contributed by atoms with Crippen LogP contribution in [-0.2, 0) is 0 Å². The number of methoxy groups -OCH3 is 2. The highest BCUT2D eigenvalue weighted by Gasteiger charge is 2.19. The van der Waals surface area contributed by atoms with Crippen LogP contribution >= 0.6 is 0 Å². The minimum atomic E-state index is -0.974. The molecule has 0 heterocycles. The number of ether oxygens (including phenoxy) is 2. The number of amides is 1. The summed E-state index contributed by atoms with van der Waals surface area (Å²) in [5.41, 5.74) is 0.881. The molecule has 0 aliphatic heterocycles. The van der Waals surface area contributed by atoms with Gasteiger partial charge in [-0.2, -0.15) is 0 Å². The van der Waals surface area contributed by atoms with Crippen LogP contribution in [0.15, 0.2) is 36.4 Å². The Balaban J connectivity index is 2.10. The van der Waals surface area contributed by atoms with Crippen molar-refractivity contribution < 1.29 is 24.3 Å². The summed E-state index contributed by atoms with van der Waals surface area (Å²) in [6.07, 6.45) is -0.974. The molecule has 0 fully saturated rings. The highest BCUT2D eigenvalue weighted by molar-refractivity contribution is 5.96. The zero-order valence-corrected chi connectivity index (χ0v) is 14.7. The molecule has 1 amide bonds. The first-order valence-electron chi connectivity index (χ1n) is 7.81. The third kappa shape index (κ3) is 4.09. The van der Waals surface area contributed by atoms with Gasteiger partial charge in [0.2, 0.25) is 0 Å². The molecule has 2 aromatic rings. The summed E-state index contributed by atoms with van der Waals surface area (Å²) in [5.74, 6) is 0.496. The molecular formula is C18H20N2O6. The zero-order valence-electron chi connectivity index (χ0n) is 14.7. The Kier molecular flexibility index (Phi) is 6.13. The van der Waals surface area contributed by atoms with Crippen LogP contribution in [0, 0.1) is 17.0 Å². The van der Waals surface area contributed by atoms with E-state index in [1.165, 1.54) is 39.3 Å². The summed E-state index contributed by atoms with van der Waals surface area (Å²) in [6, 6.07) is 9.23. The van der Waals surface area contributed by atoms with Gasteiger partial charge in [0.25, 0.3) is 11.6 Å². The van der Waals surface area contributed by atoms with Crippen molar-refractivity contribution >= 4 is 11.6 Å². The first kappa shape index (κ1) is 19.2. The maximum absolute atomic E-state index is 12.3. The van der Waals surface area contributed by atoms with E-state index in [1.54, 1.807) is 18.2 Å². The molecule has 0 saturated heterocycles. The SMILES string of the molecule is COc1ccc(C(O)CNC(=O)c2cccc([N+](=O)[O-])c2C)cc1OC. The normalized spacial score (nSPS) is 11.5. The predicted octanol–water partition coefficient (Wildman–Crippen LogP) is 2.38. The molecule has 0 aliphatic rings. The number of nitro benzene ring substituents is 1. The van der Waals surface area contributed by atoms with Crippen molar-refractivity contribution in [2.45, 2.75) is 13.0 Å². The third-order valence-electron chi connectivity index (χ3n) is 3.99. The molecule has 26 heavy (non-hydrogen) atoms. The maximum Gasteiger partial charge on any atom is 0.273 e. The predicted molar refractivity (Wildman–Crippen MR) is 94.7 cm³/mol. The maximum atomic E-state index is 12.3. The molecule has 8 nitrogen and oxygen atoms in total. The van der Waals surface area contributed by atoms with E-state index in [-0.39, 0.29) is 23.4 Å². The molecule has 138 valence electrons. The average Bonchev–Trinajstić information content (AvgIpc) is 2.65. The van der Waals surface area contributed by atoms with Gasteiger partial charge < -0.3 is 19.9 Å². The van der Waals surface area contributed by atoms with Gasteiger partial charge in [0.05, 0.1) is 25.2 Å². The van der Waals surface area contributed by atoms with Gasteiger partial charge in [0, 0.05) is 23.7 Å². The second-order valence-electron chi connectivity index (χ2n) is 5.55. The number of carbonyl (C=O) groups excluding carboxylic acids is 1. The summed E-state index contributed by atoms with van der Waals surface area (Å²) in [6.45, 7) is 1.45. The number of benzene rings is 2. The summed E-state index contributed by atoms with van der Waals surface area (Å²) in [5, 5.41) is 23.9. The van der Waals surface area contributed by atoms with Crippen molar-refractivity contribution in [3.63, 3.8) is 0 Å². The molecule has 0 spiro atoms. The van der Waals surface area contributed by atoms with Crippen LogP contribution < -0.4 is 14.8 Å². The van der Waals surface area contributed by atoms with Crippen LogP contribution in [0.1, 0.15) is 27.6 Å². The Bertz CT molecular complexity index is 821. The molecule has 0 bridgehead atoms. The number of nitrogens with one attached hydrogen (secondary N) is 1. The molecule has 8 heteroatoms. The van der Waals surface area contributed by atoms with Crippen LogP contribution in [0.3, 0.4) is 0 Å². The number of nitro groups is 1. The van der Waals surface area contributed by atoms with Gasteiger partial charge in [-0.25, -0.2) is 0 Å². The Morgan fingerprint density at radius 2 is 1.92 bits per heavy atom. The van der Waals surface area contributed by atoms with Crippen molar-refractivity contribution in [3.05, 3.63) is 63.2 Å². The smallest absolute Gasteiger partial charge is 0.273 e. The monoisotopic (exact) mass is 360 g/mol. The molecule has 0 aromatic heterocycles. The quantitative estimate of drug-likeness (QED) is 0.579. The summed E-state index contributed by atoms with van der Waals surface area (Å²) in [7, 11) is 3.00. The minimum absolute atomic E-state index is 0.0591. The fraction of sp³-hybridized carbons (Fsp3) is 0.278. The van der Waals surface area contributed by atoms with Gasteiger partial charge in [-0.05, 0) is 30.7 Å². The van der Waals surface area contributed by atoms with E-state index in [1.807, 2.05) is 0 Å². The van der Waals surface area contributed by atoms with Gasteiger partial charge in [-0.3, -0.25) is 14.9 Å². The highest BCUT2D eigenvalue weighted by atomic mass is 16.6. The van der Waals surface area contributed by atoms with Gasteiger partial charge in [0.1, 0.15) is 0 Å². The fourth-order valence-electron chi connectivity index (χ4n) is 2.53. The Morgan fingerprint density at radius 3 is 2.54 bits per heavy atom. The van der Waals surface area contributed by atoms with Crippen molar-refractivity contribution in [2.75, 3.05) is 20.8 Å². The largest absolute Gasteiger partial charge is 0.493 e. The summed E-state index contributed by atoms with van der Waals surface area (Å²) < 4.78 is 10.3. The zero-order chi connectivity index (χ0) is 19.3. The highest BCUT2D eigenvalue weighted by Crippen LogP contribution is 2.30. The van der Waals surface area contributed by atoms with E-state index >= 15 is 0 Å². The molecule has 0 radical (unpaired) electrons. The number of rotatable bonds is 7. The van der Waals surface area contributed by atoms with Crippen LogP contribution in [0.2, 0.25) is 0 Å². The van der Waals surface area contributed by atoms with Crippen molar-refractivity contribution in [1.82, 2.24) is 5.32 Å². The van der Waals surface area contributed by atoms with E-state index in [9.17, 15) is 20.0 Å². The second kappa shape index (κ2) is 8.30. The van der Waals surface area contributed by atoms with Crippen LogP contribution in [-0.4, -0.2) is 36.7 Å². The lowest BCUT2D eigenvalue weighted by Crippen LogP contribution is -2.29. The Labute approximate surface area is 150 Å². The number of hydrogen-bond acceptors (Lipinski definition) is 6. The van der Waals surface area contributed by atoms with E-state index in [0.29, 0.717) is 17.1 Å². The number of aliphatic hydroxyl groups is 1. The van der Waals surface area contributed by atoms with E-state index in [2.05, 4.69) is 5.32 Å². The average molecular weight is 360 g/mol. The first-order chi connectivity index (χ1) is 12.4. The van der Waals surface area contributed by atoms with E-state index < -0.39 is 16.9 Å². The number of carbonyl (C=O) groups is 1. The van der Waals surface area contributed by atoms with Gasteiger partial charge in [0.15, 0.2) is 11.5 Å². The number of hydrogen-bond donors (Lipinski definition) is 2. The van der Waals surface area contributed by atoms with Crippen molar-refractivity contribution in [3.8, 4) is 11.5 Å². The Hall–Kier alpha value is -3.13. The van der Waals surface area contributed by atoms with Crippen molar-refractivity contribution in [2.24, 2.45) is 0 Å². The van der Waals surface area contributed by atoms with Crippen molar-refractivity contribution in [1.29, 1.82) is 0 Å². The van der Waals surface area contributed by atoms with Gasteiger partial charge in [-0.15, -0.1) is 0 Å². The lowest BCUT2D eigenvalue weighted by molar-refractivity contribution is -0.385. The summed E-state index contributed by atoms with van der Waals surface area (Å²) >= 11 is 0. The molecule has 0 saturated carbocycles. The summed E-state index contributed by atoms with van der Waals surface area (Å²) in [4.78, 5) is 22.7. The molecule has 1 unspecified atom stereocenters. The van der Waals surface area contributed by atoms with Crippen LogP contribution in [0.4, 0.5) is 5.69 Å². The molecular weight excluding hydrogens is 340 g/mol. The molecule has 0 aliphatic carbocycles. The Morgan fingerprint density at radius 1 is 1.23 bits per heavy atom. The molecule has 1 atom stereocenters. The molecule has 2 aromatic carbocycles. The minimum Gasteiger partial charge on any atom is -0.493 e. The third-order valence-corrected chi connectivity index (χ3v) is 3.99. The number of aliphatic hydroxyl groups excluding tert-OH is 1. The van der Waals surface area contributed by atoms with Crippen LogP contribution in [0.25, 0.3) is 0 Å². The second-order valence-corrected chi connectivity index (χ2v) is 5.55. The van der Waals surface area contributed by atoms with Gasteiger partial charge in [-0.1, -0.05) is 12.1 Å². The number of nitrogens with zero attached hydrogens (tertiary/aromatic N) is 1. The van der Waals surface area contributed by atoms with Crippen LogP contribution in [0.5, 0.6) is 11.5 Å². The van der Waals surface area contributed by atoms with E-state index in [4.69, 9.17) is 9.47 Å². The standard InChI is InChI=1S/C18H20N2O6/c1-11-13(5-4-6-14(11)20(23)24)18(22)19-10-15(21)12-7-8-16(25-2)17(9-12)26-3/h4-9,15,21H,10H2,1-3H3,(H,19,22). The van der Waals surface area contributed by atoms with E-state index in [0.717, 1.165) is 0 Å². The molecule has 2 rings (SSSR count). The fourth-order valence-corrected chi connectivity index (χ4v) is 2.53. The lowest BCUT2D eigenvalue weighted by atomic mass is 10.1. The molecule has 2 N–H and O–H groups in total. The topological polar surface area (TPSA) is 111 Å². The lowest BCUT2D eigenvalue weighted by Gasteiger charge is -2.15.